The van der Waals surface area contributed by atoms with Crippen LogP contribution in [0.1, 0.15) is 40.2 Å². The van der Waals surface area contributed by atoms with Crippen LogP contribution in [-0.4, -0.2) is 33.7 Å². The summed E-state index contributed by atoms with van der Waals surface area (Å²) in [6, 6.07) is 11.8. The van der Waals surface area contributed by atoms with E-state index in [1.165, 1.54) is 35.9 Å². The number of thiophene rings is 1. The Morgan fingerprint density at radius 1 is 1.26 bits per heavy atom. The van der Waals surface area contributed by atoms with E-state index < -0.39 is 5.97 Å². The van der Waals surface area contributed by atoms with Gasteiger partial charge in [0.15, 0.2) is 0 Å². The number of aromatic nitrogens is 2. The molecule has 0 unspecified atom stereocenters. The molecule has 2 heterocycles. The number of hydrogen-bond donors (Lipinski definition) is 2. The second-order valence-corrected chi connectivity index (χ2v) is 9.29. The Hall–Kier alpha value is -4.03. The van der Waals surface area contributed by atoms with Crippen molar-refractivity contribution in [3.63, 3.8) is 0 Å². The molecule has 0 aliphatic carbocycles. The number of aryl methyl sites for hydroxylation is 1. The zero-order valence-corrected chi connectivity index (χ0v) is 20.2. The molecular weight excluding hydrogens is 467 g/mol. The molecule has 2 N–H and O–H groups in total. The molecule has 178 valence electrons. The number of fused-ring (bicyclic) bond motifs is 1. The summed E-state index contributed by atoms with van der Waals surface area (Å²) in [5.74, 6) is -0.537. The summed E-state index contributed by atoms with van der Waals surface area (Å²) in [6.07, 6.45) is 1.76. The van der Waals surface area contributed by atoms with Crippen LogP contribution in [0, 0.1) is 24.1 Å². The van der Waals surface area contributed by atoms with E-state index in [1.807, 2.05) is 20.8 Å². The van der Waals surface area contributed by atoms with Gasteiger partial charge in [0.2, 0.25) is 0 Å². The summed E-state index contributed by atoms with van der Waals surface area (Å²) < 4.78 is 20.6. The Morgan fingerprint density at radius 3 is 2.77 bits per heavy atom. The molecule has 7 nitrogen and oxygen atoms in total. The predicted octanol–water partition coefficient (Wildman–Crippen LogP) is 5.82. The van der Waals surface area contributed by atoms with Crippen LogP contribution >= 0.6 is 11.3 Å². The molecule has 0 aliphatic rings. The van der Waals surface area contributed by atoms with Crippen LogP contribution in [0.2, 0.25) is 0 Å². The molecule has 2 aromatic carbocycles. The van der Waals surface area contributed by atoms with E-state index in [4.69, 9.17) is 4.74 Å². The van der Waals surface area contributed by atoms with Crippen LogP contribution in [0.15, 0.2) is 42.7 Å². The first kappa shape index (κ1) is 24.1. The molecule has 0 aliphatic heterocycles. The van der Waals surface area contributed by atoms with Crippen LogP contribution in [0.25, 0.3) is 21.3 Å². The van der Waals surface area contributed by atoms with Crippen molar-refractivity contribution >= 4 is 33.2 Å². The van der Waals surface area contributed by atoms with Crippen LogP contribution < -0.4 is 10.1 Å². The molecule has 35 heavy (non-hydrogen) atoms. The molecule has 0 bridgehead atoms. The predicted molar refractivity (Wildman–Crippen MR) is 134 cm³/mol. The number of anilines is 1. The maximum Gasteiger partial charge on any atom is 0.339 e. The Balaban J connectivity index is 1.55. The number of hydrogen-bond acceptors (Lipinski definition) is 7. The lowest BCUT2D eigenvalue weighted by Gasteiger charge is -2.14. The van der Waals surface area contributed by atoms with Crippen molar-refractivity contribution in [2.45, 2.75) is 33.3 Å². The second kappa shape index (κ2) is 10.1. The zero-order chi connectivity index (χ0) is 25.1. The maximum absolute atomic E-state index is 14.0. The highest BCUT2D eigenvalue weighted by Gasteiger charge is 2.16. The first-order valence-corrected chi connectivity index (χ1v) is 11.8. The first-order chi connectivity index (χ1) is 16.8. The van der Waals surface area contributed by atoms with Crippen LogP contribution in [-0.2, 0) is 6.42 Å². The molecule has 0 amide bonds. The smallest absolute Gasteiger partial charge is 0.339 e. The van der Waals surface area contributed by atoms with Crippen molar-refractivity contribution in [1.82, 2.24) is 9.97 Å². The molecule has 0 atom stereocenters. The van der Waals surface area contributed by atoms with Crippen molar-refractivity contribution in [3.05, 3.63) is 70.1 Å². The number of carbonyl (C=O) groups is 1. The topological polar surface area (TPSA) is 108 Å². The summed E-state index contributed by atoms with van der Waals surface area (Å²) in [5.41, 5.74) is 3.01. The van der Waals surface area contributed by atoms with Gasteiger partial charge in [-0.3, -0.25) is 0 Å². The number of nitrogens with one attached hydrogen (secondary N) is 1. The third kappa shape index (κ3) is 5.23. The van der Waals surface area contributed by atoms with E-state index >= 15 is 0 Å². The summed E-state index contributed by atoms with van der Waals surface area (Å²) in [6.45, 7) is 5.98. The van der Waals surface area contributed by atoms with E-state index in [2.05, 4.69) is 21.4 Å². The van der Waals surface area contributed by atoms with Gasteiger partial charge in [-0.2, -0.15) is 5.26 Å². The van der Waals surface area contributed by atoms with Gasteiger partial charge >= 0.3 is 5.97 Å². The quantitative estimate of drug-likeness (QED) is 0.320. The number of halogens is 1. The fourth-order valence-electron chi connectivity index (χ4n) is 3.85. The van der Waals surface area contributed by atoms with Crippen LogP contribution in [0.4, 0.5) is 10.2 Å². The molecule has 0 saturated carbocycles. The summed E-state index contributed by atoms with van der Waals surface area (Å²) in [7, 11) is 0. The molecule has 4 aromatic rings. The van der Waals surface area contributed by atoms with Gasteiger partial charge in [0.25, 0.3) is 0 Å². The van der Waals surface area contributed by atoms with Crippen molar-refractivity contribution < 1.29 is 19.0 Å². The Morgan fingerprint density at radius 2 is 2.06 bits per heavy atom. The lowest BCUT2D eigenvalue weighted by molar-refractivity contribution is 0.0690. The minimum Gasteiger partial charge on any atom is -0.490 e. The second-order valence-electron chi connectivity index (χ2n) is 8.27. The van der Waals surface area contributed by atoms with Crippen molar-refractivity contribution in [2.75, 3.05) is 11.9 Å². The summed E-state index contributed by atoms with van der Waals surface area (Å²) in [4.78, 5) is 20.7. The van der Waals surface area contributed by atoms with Gasteiger partial charge in [-0.15, -0.1) is 11.3 Å². The number of benzene rings is 2. The monoisotopic (exact) mass is 490 g/mol. The van der Waals surface area contributed by atoms with Crippen molar-refractivity contribution in [3.8, 4) is 23.1 Å². The van der Waals surface area contributed by atoms with Crippen LogP contribution in [0.3, 0.4) is 0 Å². The Kier molecular flexibility index (Phi) is 6.94. The number of aromatic carboxylic acids is 1. The standard InChI is InChI=1S/C26H23FN4O3S/c1-14(2)34-22-9-16(4-5-19(22)26(32)33)21-11-24(31-13-30-21)29-7-6-18-20-10-17(27)8-15(3)25(20)35-23(18)12-28/h4-5,8-11,13-14H,6-7H2,1-3H3,(H,32,33)(H,29,30,31). The summed E-state index contributed by atoms with van der Waals surface area (Å²) in [5, 5.41) is 23.0. The number of ether oxygens (including phenoxy) is 1. The molecule has 4 rings (SSSR count). The maximum atomic E-state index is 14.0. The van der Waals surface area contributed by atoms with Crippen molar-refractivity contribution in [2.24, 2.45) is 0 Å². The zero-order valence-electron chi connectivity index (χ0n) is 19.4. The minimum atomic E-state index is -1.06. The van der Waals surface area contributed by atoms with Crippen LogP contribution in [0.5, 0.6) is 5.75 Å². The minimum absolute atomic E-state index is 0.0813. The van der Waals surface area contributed by atoms with E-state index in [-0.39, 0.29) is 23.2 Å². The summed E-state index contributed by atoms with van der Waals surface area (Å²) >= 11 is 1.38. The molecule has 0 saturated heterocycles. The van der Waals surface area contributed by atoms with Gasteiger partial charge in [-0.25, -0.2) is 19.2 Å². The number of rotatable bonds is 8. The molecular formula is C26H23FN4O3S. The largest absolute Gasteiger partial charge is 0.490 e. The van der Waals surface area contributed by atoms with Gasteiger partial charge < -0.3 is 15.2 Å². The van der Waals surface area contributed by atoms with Gasteiger partial charge in [-0.1, -0.05) is 6.07 Å². The van der Waals surface area contributed by atoms with E-state index in [0.29, 0.717) is 34.9 Å². The first-order valence-electron chi connectivity index (χ1n) is 11.0. The number of nitrogens with zero attached hydrogens (tertiary/aromatic N) is 3. The normalized spacial score (nSPS) is 11.0. The molecule has 0 radical (unpaired) electrons. The highest BCUT2D eigenvalue weighted by molar-refractivity contribution is 7.20. The van der Waals surface area contributed by atoms with Crippen molar-refractivity contribution in [1.29, 1.82) is 5.26 Å². The third-order valence-electron chi connectivity index (χ3n) is 5.36. The average molecular weight is 491 g/mol. The molecule has 9 heteroatoms. The van der Waals surface area contributed by atoms with Gasteiger partial charge in [0.1, 0.15) is 40.2 Å². The van der Waals surface area contributed by atoms with Gasteiger partial charge in [0, 0.05) is 28.3 Å². The fraction of sp³-hybridized carbons (Fsp3) is 0.231. The number of carboxylic acid groups (broad SMARTS) is 1. The average Bonchev–Trinajstić information content (AvgIpc) is 3.16. The fourth-order valence-corrected chi connectivity index (χ4v) is 4.95. The molecule has 2 aromatic heterocycles. The van der Waals surface area contributed by atoms with Gasteiger partial charge in [-0.05, 0) is 62.6 Å². The lowest BCUT2D eigenvalue weighted by atomic mass is 10.1. The number of carboxylic acids is 1. The lowest BCUT2D eigenvalue weighted by Crippen LogP contribution is -2.10. The molecule has 0 fully saturated rings. The van der Waals surface area contributed by atoms with E-state index in [9.17, 15) is 19.6 Å². The SMILES string of the molecule is Cc1cc(F)cc2c(CCNc3cc(-c4ccc(C(=O)O)c(OC(C)C)c4)ncn3)c(C#N)sc12. The highest BCUT2D eigenvalue weighted by atomic mass is 32.1. The Bertz CT molecular complexity index is 1460. The van der Waals surface area contributed by atoms with E-state index in [1.54, 1.807) is 18.2 Å². The third-order valence-corrected chi connectivity index (χ3v) is 6.65. The number of nitriles is 1. The molecule has 0 spiro atoms. The highest BCUT2D eigenvalue weighted by Crippen LogP contribution is 2.34. The van der Waals surface area contributed by atoms with E-state index in [0.717, 1.165) is 21.2 Å². The Labute approximate surface area is 205 Å². The van der Waals surface area contributed by atoms with Gasteiger partial charge in [0.05, 0.1) is 11.8 Å².